The number of epoxide rings is 1. The third-order valence-electron chi connectivity index (χ3n) is 2.71. The molecule has 3 nitrogen and oxygen atoms in total. The van der Waals surface area contributed by atoms with Crippen LogP contribution in [0.15, 0.2) is 24.3 Å². The molecule has 1 fully saturated rings. The van der Waals surface area contributed by atoms with Gasteiger partial charge in [-0.1, -0.05) is 31.0 Å². The Balaban J connectivity index is 0.000000300. The first-order chi connectivity index (χ1) is 8.94. The summed E-state index contributed by atoms with van der Waals surface area (Å²) in [6.45, 7) is 9.65. The minimum Gasteiger partial charge on any atom is -0.462 e. The lowest BCUT2D eigenvalue weighted by Gasteiger charge is -2.03. The molecule has 3 heteroatoms. The van der Waals surface area contributed by atoms with Gasteiger partial charge in [0.25, 0.3) is 0 Å². The average molecular weight is 264 g/mol. The Morgan fingerprint density at radius 1 is 1.42 bits per heavy atom. The second-order valence-corrected chi connectivity index (χ2v) is 5.41. The molecule has 0 aliphatic carbocycles. The Bertz CT molecular complexity index is 404. The molecule has 2 rings (SSSR count). The fraction of sp³-hybridized carbons (Fsp3) is 0.562. The third kappa shape index (κ3) is 6.97. The number of unbranched alkanes of at least 4 members (excludes halogenated alkanes) is 1. The van der Waals surface area contributed by atoms with Crippen LogP contribution in [0.1, 0.15) is 49.5 Å². The number of rotatable bonds is 4. The van der Waals surface area contributed by atoms with Crippen molar-refractivity contribution in [2.24, 2.45) is 0 Å². The zero-order chi connectivity index (χ0) is 14.3. The number of carbonyl (C=O) groups excluding carboxylic acids is 1. The maximum Gasteiger partial charge on any atom is 0.338 e. The largest absolute Gasteiger partial charge is 0.462 e. The Kier molecular flexibility index (Phi) is 6.03. The zero-order valence-electron chi connectivity index (χ0n) is 12.4. The summed E-state index contributed by atoms with van der Waals surface area (Å²) < 4.78 is 9.98. The number of hydrogen-bond donors (Lipinski definition) is 0. The maximum absolute atomic E-state index is 11.4. The van der Waals surface area contributed by atoms with Crippen molar-refractivity contribution < 1.29 is 14.3 Å². The number of carbonyl (C=O) groups is 1. The van der Waals surface area contributed by atoms with Gasteiger partial charge in [-0.25, -0.2) is 4.79 Å². The molecule has 0 amide bonds. The van der Waals surface area contributed by atoms with E-state index in [1.54, 1.807) is 6.07 Å². The highest BCUT2D eigenvalue weighted by Gasteiger charge is 2.32. The number of ether oxygens (including phenoxy) is 2. The normalized spacial score (nSPS) is 15.2. The van der Waals surface area contributed by atoms with Gasteiger partial charge in [-0.2, -0.15) is 0 Å². The molecule has 1 aromatic rings. The summed E-state index contributed by atoms with van der Waals surface area (Å²) in [6.07, 6.45) is 1.97. The van der Waals surface area contributed by atoms with Crippen LogP contribution in [0.5, 0.6) is 0 Å². The van der Waals surface area contributed by atoms with Gasteiger partial charge < -0.3 is 9.47 Å². The Morgan fingerprint density at radius 2 is 2.05 bits per heavy atom. The Hall–Kier alpha value is -1.35. The number of esters is 1. The highest BCUT2D eigenvalue weighted by Crippen LogP contribution is 2.23. The van der Waals surface area contributed by atoms with Gasteiger partial charge in [-0.3, -0.25) is 0 Å². The lowest BCUT2D eigenvalue weighted by molar-refractivity contribution is 0.0499. The highest BCUT2D eigenvalue weighted by atomic mass is 16.6. The molecule has 0 radical (unpaired) electrons. The predicted molar refractivity (Wildman–Crippen MR) is 76.4 cm³/mol. The maximum atomic E-state index is 11.4. The summed E-state index contributed by atoms with van der Waals surface area (Å²) in [4.78, 5) is 11.4. The lowest BCUT2D eigenvalue weighted by Crippen LogP contribution is -2.06. The van der Waals surface area contributed by atoms with Crippen LogP contribution in [0, 0.1) is 6.92 Å². The highest BCUT2D eigenvalue weighted by molar-refractivity contribution is 5.89. The molecular formula is C16H24O3. The second-order valence-electron chi connectivity index (χ2n) is 5.41. The van der Waals surface area contributed by atoms with Gasteiger partial charge in [-0.15, -0.1) is 0 Å². The molecule has 106 valence electrons. The number of aryl methyl sites for hydroxylation is 1. The first kappa shape index (κ1) is 15.7. The van der Waals surface area contributed by atoms with E-state index in [1.165, 1.54) is 0 Å². The van der Waals surface area contributed by atoms with Crippen LogP contribution < -0.4 is 0 Å². The fourth-order valence-electron chi connectivity index (χ4n) is 1.31. The molecule has 0 N–H and O–H groups in total. The molecule has 0 atom stereocenters. The van der Waals surface area contributed by atoms with Crippen LogP contribution in [-0.4, -0.2) is 24.8 Å². The van der Waals surface area contributed by atoms with Gasteiger partial charge in [0, 0.05) is 0 Å². The molecule has 0 unspecified atom stereocenters. The van der Waals surface area contributed by atoms with E-state index in [2.05, 4.69) is 20.8 Å². The predicted octanol–water partition coefficient (Wildman–Crippen LogP) is 3.75. The first-order valence-electron chi connectivity index (χ1n) is 6.82. The van der Waals surface area contributed by atoms with E-state index in [9.17, 15) is 4.79 Å². The second kappa shape index (κ2) is 7.29. The van der Waals surface area contributed by atoms with Gasteiger partial charge in [0.1, 0.15) is 0 Å². The SMILES string of the molecule is CC1(C)CO1.CCCCOC(=O)c1cccc(C)c1. The molecule has 1 aromatic carbocycles. The topological polar surface area (TPSA) is 38.8 Å². The molecule has 0 spiro atoms. The molecule has 19 heavy (non-hydrogen) atoms. The molecule has 1 saturated heterocycles. The molecule has 0 aromatic heterocycles. The van der Waals surface area contributed by atoms with Crippen molar-refractivity contribution >= 4 is 5.97 Å². The van der Waals surface area contributed by atoms with E-state index >= 15 is 0 Å². The van der Waals surface area contributed by atoms with Gasteiger partial charge in [0.2, 0.25) is 0 Å². The minimum atomic E-state index is -0.220. The zero-order valence-corrected chi connectivity index (χ0v) is 12.4. The number of hydrogen-bond acceptors (Lipinski definition) is 3. The van der Waals surface area contributed by atoms with E-state index in [4.69, 9.17) is 9.47 Å². The van der Waals surface area contributed by atoms with Crippen LogP contribution in [0.3, 0.4) is 0 Å². The fourth-order valence-corrected chi connectivity index (χ4v) is 1.31. The molecule has 1 heterocycles. The van der Waals surface area contributed by atoms with Crippen LogP contribution >= 0.6 is 0 Å². The van der Waals surface area contributed by atoms with E-state index in [-0.39, 0.29) is 11.6 Å². The van der Waals surface area contributed by atoms with Crippen molar-refractivity contribution in [2.75, 3.05) is 13.2 Å². The van der Waals surface area contributed by atoms with E-state index in [0.717, 1.165) is 25.0 Å². The van der Waals surface area contributed by atoms with Gasteiger partial charge in [-0.05, 0) is 39.3 Å². The van der Waals surface area contributed by atoms with E-state index in [0.29, 0.717) is 12.2 Å². The van der Waals surface area contributed by atoms with Crippen LogP contribution in [0.2, 0.25) is 0 Å². The summed E-state index contributed by atoms with van der Waals surface area (Å²) in [6, 6.07) is 7.45. The van der Waals surface area contributed by atoms with Crippen molar-refractivity contribution in [1.29, 1.82) is 0 Å². The Morgan fingerprint density at radius 3 is 2.53 bits per heavy atom. The number of benzene rings is 1. The van der Waals surface area contributed by atoms with Crippen LogP contribution in [-0.2, 0) is 9.47 Å². The average Bonchev–Trinajstić information content (AvgIpc) is 3.05. The summed E-state index contributed by atoms with van der Waals surface area (Å²) in [5.41, 5.74) is 1.97. The van der Waals surface area contributed by atoms with E-state index < -0.39 is 0 Å². The van der Waals surface area contributed by atoms with Crippen molar-refractivity contribution in [1.82, 2.24) is 0 Å². The van der Waals surface area contributed by atoms with Crippen molar-refractivity contribution in [3.05, 3.63) is 35.4 Å². The van der Waals surface area contributed by atoms with Crippen molar-refractivity contribution in [3.63, 3.8) is 0 Å². The smallest absolute Gasteiger partial charge is 0.338 e. The Labute approximate surface area is 115 Å². The molecule has 1 aliphatic heterocycles. The first-order valence-corrected chi connectivity index (χ1v) is 6.82. The quantitative estimate of drug-likeness (QED) is 0.472. The standard InChI is InChI=1S/C12H16O2.C4H8O/c1-3-4-8-14-12(13)11-7-5-6-10(2)9-11;1-4(2)3-5-4/h5-7,9H,3-4,8H2,1-2H3;3H2,1-2H3. The summed E-state index contributed by atoms with van der Waals surface area (Å²) in [5.74, 6) is -0.220. The van der Waals surface area contributed by atoms with Crippen LogP contribution in [0.4, 0.5) is 0 Å². The lowest BCUT2D eigenvalue weighted by atomic mass is 10.1. The molecular weight excluding hydrogens is 240 g/mol. The van der Waals surface area contributed by atoms with Gasteiger partial charge in [0.05, 0.1) is 24.4 Å². The molecule has 0 bridgehead atoms. The van der Waals surface area contributed by atoms with Crippen molar-refractivity contribution in [3.8, 4) is 0 Å². The minimum absolute atomic E-state index is 0.220. The summed E-state index contributed by atoms with van der Waals surface area (Å²) in [7, 11) is 0. The monoisotopic (exact) mass is 264 g/mol. The third-order valence-corrected chi connectivity index (χ3v) is 2.71. The molecule has 0 saturated carbocycles. The van der Waals surface area contributed by atoms with Crippen molar-refractivity contribution in [2.45, 2.75) is 46.1 Å². The van der Waals surface area contributed by atoms with Gasteiger partial charge >= 0.3 is 5.97 Å². The van der Waals surface area contributed by atoms with Crippen LogP contribution in [0.25, 0.3) is 0 Å². The van der Waals surface area contributed by atoms with E-state index in [1.807, 2.05) is 25.1 Å². The van der Waals surface area contributed by atoms with Gasteiger partial charge in [0.15, 0.2) is 0 Å². The molecule has 1 aliphatic rings. The summed E-state index contributed by atoms with van der Waals surface area (Å²) >= 11 is 0. The summed E-state index contributed by atoms with van der Waals surface area (Å²) in [5, 5.41) is 0.